The second-order valence-corrected chi connectivity index (χ2v) is 8.77. The first kappa shape index (κ1) is 22.4. The van der Waals surface area contributed by atoms with E-state index in [0.717, 1.165) is 22.4 Å². The van der Waals surface area contributed by atoms with Crippen LogP contribution in [0, 0.1) is 13.8 Å². The van der Waals surface area contributed by atoms with Crippen LogP contribution in [0.2, 0.25) is 0 Å². The molecule has 1 amide bonds. The van der Waals surface area contributed by atoms with Crippen molar-refractivity contribution in [1.29, 1.82) is 0 Å². The van der Waals surface area contributed by atoms with Crippen LogP contribution in [-0.2, 0) is 19.4 Å². The summed E-state index contributed by atoms with van der Waals surface area (Å²) >= 11 is 0. The minimum atomic E-state index is -3.19. The van der Waals surface area contributed by atoms with Crippen molar-refractivity contribution in [3.05, 3.63) is 47.2 Å². The Morgan fingerprint density at radius 3 is 2.45 bits per heavy atom. The lowest BCUT2D eigenvalue weighted by atomic mass is 10.0. The van der Waals surface area contributed by atoms with Crippen molar-refractivity contribution in [2.24, 2.45) is 0 Å². The fourth-order valence-corrected chi connectivity index (χ4v) is 4.87. The van der Waals surface area contributed by atoms with Gasteiger partial charge in [0.25, 0.3) is 12.4 Å². The Kier molecular flexibility index (Phi) is 7.40. The van der Waals surface area contributed by atoms with E-state index in [4.69, 9.17) is 14.6 Å². The Bertz CT molecular complexity index is 976. The van der Waals surface area contributed by atoms with Crippen LogP contribution in [0.4, 0.5) is 0 Å². The van der Waals surface area contributed by atoms with Crippen molar-refractivity contribution in [3.63, 3.8) is 0 Å². The molecule has 2 heterocycles. The summed E-state index contributed by atoms with van der Waals surface area (Å²) in [6.07, 6.45) is 1.19. The van der Waals surface area contributed by atoms with Crippen LogP contribution < -0.4 is 5.32 Å². The lowest BCUT2D eigenvalue weighted by Crippen LogP contribution is -2.43. The van der Waals surface area contributed by atoms with Crippen LogP contribution in [0.5, 0.6) is 0 Å². The summed E-state index contributed by atoms with van der Waals surface area (Å²) in [5.74, 6) is -0.501. The molecule has 0 unspecified atom stereocenters. The van der Waals surface area contributed by atoms with Gasteiger partial charge in [0.2, 0.25) is 0 Å². The summed E-state index contributed by atoms with van der Waals surface area (Å²) in [7, 11) is -1.74. The maximum Gasteiger partial charge on any atom is 0.290 e. The molecular formula is C19H23N3O6S. The van der Waals surface area contributed by atoms with Gasteiger partial charge in [-0.2, -0.15) is 10.2 Å². The van der Waals surface area contributed by atoms with Gasteiger partial charge in [0.05, 0.1) is 35.5 Å². The van der Waals surface area contributed by atoms with Crippen LogP contribution >= 0.6 is 0 Å². The molecule has 0 bridgehead atoms. The number of sulfone groups is 1. The minimum Gasteiger partial charge on any atom is -0.483 e. The summed E-state index contributed by atoms with van der Waals surface area (Å²) in [4.78, 5) is 20.8. The number of benzene rings is 1. The first-order valence-electron chi connectivity index (χ1n) is 8.73. The van der Waals surface area contributed by atoms with Crippen LogP contribution in [-0.4, -0.2) is 66.9 Å². The molecule has 1 aromatic heterocycles. The van der Waals surface area contributed by atoms with E-state index in [1.165, 1.54) is 7.11 Å². The maximum atomic E-state index is 12.5. The van der Waals surface area contributed by atoms with E-state index in [1.54, 1.807) is 18.3 Å². The molecule has 1 aliphatic heterocycles. The number of aryl methyl sites for hydroxylation is 1. The number of carbonyl (C=O) groups is 2. The zero-order valence-electron chi connectivity index (χ0n) is 16.3. The smallest absolute Gasteiger partial charge is 0.290 e. The summed E-state index contributed by atoms with van der Waals surface area (Å²) < 4.78 is 28.7. The van der Waals surface area contributed by atoms with Gasteiger partial charge < -0.3 is 15.2 Å². The molecule has 0 radical (unpaired) electrons. The third-order valence-corrected chi connectivity index (χ3v) is 6.40. The predicted octanol–water partition coefficient (Wildman–Crippen LogP) is 1.00. The Morgan fingerprint density at radius 1 is 1.24 bits per heavy atom. The first-order valence-corrected chi connectivity index (χ1v) is 10.6. The largest absolute Gasteiger partial charge is 0.483 e. The molecule has 29 heavy (non-hydrogen) atoms. The van der Waals surface area contributed by atoms with Gasteiger partial charge >= 0.3 is 0 Å². The monoisotopic (exact) mass is 421 g/mol. The Labute approximate surface area is 169 Å². The topological polar surface area (TPSA) is 136 Å². The number of nitrogens with one attached hydrogen (secondary N) is 1. The normalized spacial score (nSPS) is 19.7. The van der Waals surface area contributed by atoms with Gasteiger partial charge in [-0.1, -0.05) is 12.1 Å². The number of ether oxygens (including phenoxy) is 1. The van der Waals surface area contributed by atoms with Crippen LogP contribution in [0.1, 0.15) is 21.5 Å². The molecular weight excluding hydrogens is 398 g/mol. The molecule has 0 spiro atoms. The lowest BCUT2D eigenvalue weighted by molar-refractivity contribution is -0.122. The molecule has 2 N–H and O–H groups in total. The van der Waals surface area contributed by atoms with Gasteiger partial charge in [-0.05, 0) is 37.1 Å². The first-order chi connectivity index (χ1) is 13.7. The number of carbonyl (C=O) groups excluding carboxylic acids is 1. The van der Waals surface area contributed by atoms with Gasteiger partial charge in [0, 0.05) is 18.2 Å². The van der Waals surface area contributed by atoms with E-state index in [9.17, 15) is 13.2 Å². The minimum absolute atomic E-state index is 0.0707. The summed E-state index contributed by atoms with van der Waals surface area (Å²) in [5.41, 5.74) is 4.18. The van der Waals surface area contributed by atoms with Gasteiger partial charge in [-0.15, -0.1) is 0 Å². The van der Waals surface area contributed by atoms with E-state index in [2.05, 4.69) is 15.5 Å². The van der Waals surface area contributed by atoms with Gasteiger partial charge in [0.15, 0.2) is 9.84 Å². The molecule has 1 aromatic carbocycles. The number of hydrogen-bond donors (Lipinski definition) is 2. The Hall–Kier alpha value is -2.85. The van der Waals surface area contributed by atoms with E-state index >= 15 is 0 Å². The van der Waals surface area contributed by atoms with E-state index in [-0.39, 0.29) is 23.9 Å². The number of amides is 1. The average Bonchev–Trinajstić information content (AvgIpc) is 2.98. The maximum absolute atomic E-state index is 12.5. The lowest BCUT2D eigenvalue weighted by Gasteiger charge is -2.18. The van der Waals surface area contributed by atoms with Crippen molar-refractivity contribution in [1.82, 2.24) is 15.5 Å². The third-order valence-electron chi connectivity index (χ3n) is 4.70. The second-order valence-electron chi connectivity index (χ2n) is 6.61. The fraction of sp³-hybridized carbons (Fsp3) is 0.368. The number of methoxy groups -OCH3 is 1. The van der Waals surface area contributed by atoms with Crippen molar-refractivity contribution in [3.8, 4) is 11.3 Å². The van der Waals surface area contributed by atoms with Crippen molar-refractivity contribution < 1.29 is 27.9 Å². The number of hydrogen-bond acceptors (Lipinski definition) is 7. The molecule has 1 saturated heterocycles. The Morgan fingerprint density at radius 2 is 1.86 bits per heavy atom. The molecule has 0 saturated carbocycles. The van der Waals surface area contributed by atoms with Crippen LogP contribution in [0.25, 0.3) is 11.3 Å². The van der Waals surface area contributed by atoms with Crippen molar-refractivity contribution in [2.75, 3.05) is 18.6 Å². The number of rotatable bonds is 4. The van der Waals surface area contributed by atoms with Gasteiger partial charge in [-0.3, -0.25) is 9.59 Å². The van der Waals surface area contributed by atoms with Gasteiger partial charge in [0.1, 0.15) is 0 Å². The van der Waals surface area contributed by atoms with E-state index < -0.39 is 22.0 Å². The highest BCUT2D eigenvalue weighted by Gasteiger charge is 2.38. The molecule has 9 nitrogen and oxygen atoms in total. The molecule has 1 fully saturated rings. The Balaban J connectivity index is 0.000000941. The second kappa shape index (κ2) is 9.57. The molecule has 3 rings (SSSR count). The highest BCUT2D eigenvalue weighted by Crippen LogP contribution is 2.23. The molecule has 0 aliphatic carbocycles. The highest BCUT2D eigenvalue weighted by molar-refractivity contribution is 7.91. The third kappa shape index (κ3) is 5.58. The van der Waals surface area contributed by atoms with E-state index in [0.29, 0.717) is 5.56 Å². The number of aromatic nitrogens is 2. The molecule has 2 atom stereocenters. The predicted molar refractivity (Wildman–Crippen MR) is 106 cm³/mol. The molecule has 10 heteroatoms. The quantitative estimate of drug-likeness (QED) is 0.698. The highest BCUT2D eigenvalue weighted by atomic mass is 32.2. The summed E-state index contributed by atoms with van der Waals surface area (Å²) in [5, 5.41) is 17.8. The van der Waals surface area contributed by atoms with Crippen LogP contribution in [0.15, 0.2) is 30.5 Å². The SMILES string of the molecule is CO[C@@H]1CS(=O)(=O)C[C@H]1NC(=O)c1ccc(-c2nncc(C)c2C)cc1.O=CO. The zero-order chi connectivity index (χ0) is 21.6. The number of carboxylic acid groups (broad SMARTS) is 1. The van der Waals surface area contributed by atoms with E-state index in [1.807, 2.05) is 26.0 Å². The van der Waals surface area contributed by atoms with Gasteiger partial charge in [-0.25, -0.2) is 8.42 Å². The standard InChI is InChI=1S/C18H21N3O4S.CH2O2/c1-11-8-19-21-17(12(11)2)13-4-6-14(7-5-13)18(22)20-15-9-26(23,24)10-16(15)25-3;2-1-3/h4-8,15-16H,9-10H2,1-3H3,(H,20,22);1H,(H,2,3)/t15-,16-;/m1./s1. The number of nitrogens with zero attached hydrogens (tertiary/aromatic N) is 2. The molecule has 1 aliphatic rings. The fourth-order valence-electron chi connectivity index (χ4n) is 3.02. The average molecular weight is 421 g/mol. The summed E-state index contributed by atoms with van der Waals surface area (Å²) in [6.45, 7) is 3.70. The van der Waals surface area contributed by atoms with Crippen LogP contribution in [0.3, 0.4) is 0 Å². The zero-order valence-corrected chi connectivity index (χ0v) is 17.1. The van der Waals surface area contributed by atoms with Crippen molar-refractivity contribution >= 4 is 22.2 Å². The molecule has 2 aromatic rings. The summed E-state index contributed by atoms with van der Waals surface area (Å²) in [6, 6.07) is 6.47. The molecule has 156 valence electrons. The van der Waals surface area contributed by atoms with Crippen molar-refractivity contribution in [2.45, 2.75) is 26.0 Å².